The standard InChI is InChI=1S/C11H24N4OSSi/c1-11(2,3)18(6,7)13-17(16,14(4)5)15-9-8-12-10-15/h8-10H,1-7H3. The van der Waals surface area contributed by atoms with E-state index >= 15 is 0 Å². The van der Waals surface area contributed by atoms with E-state index < -0.39 is 18.3 Å². The van der Waals surface area contributed by atoms with Crippen LogP contribution in [0.2, 0.25) is 18.1 Å². The number of hydrogen-bond donors (Lipinski definition) is 0. The summed E-state index contributed by atoms with van der Waals surface area (Å²) in [7, 11) is -1.03. The van der Waals surface area contributed by atoms with Crippen LogP contribution in [0.15, 0.2) is 22.7 Å². The molecule has 0 saturated heterocycles. The third-order valence-electron chi connectivity index (χ3n) is 3.41. The van der Waals surface area contributed by atoms with E-state index in [0.29, 0.717) is 0 Å². The summed E-state index contributed by atoms with van der Waals surface area (Å²) < 4.78 is 21.2. The number of aromatic nitrogens is 2. The fraction of sp³-hybridized carbons (Fsp3) is 0.727. The molecule has 1 heterocycles. The summed E-state index contributed by atoms with van der Waals surface area (Å²) in [6.45, 7) is 10.8. The van der Waals surface area contributed by atoms with Crippen LogP contribution in [-0.4, -0.2) is 39.8 Å². The van der Waals surface area contributed by atoms with Gasteiger partial charge in [-0.15, -0.1) is 0 Å². The fourth-order valence-corrected chi connectivity index (χ4v) is 6.41. The normalized spacial score (nSPS) is 16.7. The smallest absolute Gasteiger partial charge is 0.196 e. The quantitative estimate of drug-likeness (QED) is 0.803. The highest BCUT2D eigenvalue weighted by molar-refractivity contribution is 7.90. The van der Waals surface area contributed by atoms with Crippen molar-refractivity contribution < 1.29 is 4.21 Å². The van der Waals surface area contributed by atoms with Gasteiger partial charge in [-0.1, -0.05) is 20.8 Å². The van der Waals surface area contributed by atoms with Crippen molar-refractivity contribution >= 4 is 18.3 Å². The van der Waals surface area contributed by atoms with Crippen LogP contribution in [0.25, 0.3) is 0 Å². The van der Waals surface area contributed by atoms with Gasteiger partial charge in [-0.3, -0.25) is 0 Å². The molecule has 1 aromatic heterocycles. The summed E-state index contributed by atoms with van der Waals surface area (Å²) in [6, 6.07) is 0. The van der Waals surface area contributed by atoms with Crippen molar-refractivity contribution in [2.75, 3.05) is 14.1 Å². The predicted molar refractivity (Wildman–Crippen MR) is 79.1 cm³/mol. The molecule has 104 valence electrons. The van der Waals surface area contributed by atoms with E-state index in [1.807, 2.05) is 0 Å². The molecule has 0 fully saturated rings. The van der Waals surface area contributed by atoms with Crippen LogP contribution in [0.3, 0.4) is 0 Å². The van der Waals surface area contributed by atoms with E-state index in [4.69, 9.17) is 4.03 Å². The third kappa shape index (κ3) is 2.84. The summed E-state index contributed by atoms with van der Waals surface area (Å²) in [5.74, 6) is 0. The molecule has 1 aromatic rings. The largest absolute Gasteiger partial charge is 0.247 e. The van der Waals surface area contributed by atoms with Gasteiger partial charge in [-0.2, -0.15) is 0 Å². The molecule has 5 nitrogen and oxygen atoms in total. The summed E-state index contributed by atoms with van der Waals surface area (Å²) >= 11 is 0. The van der Waals surface area contributed by atoms with Crippen molar-refractivity contribution in [2.24, 2.45) is 4.03 Å². The van der Waals surface area contributed by atoms with E-state index in [9.17, 15) is 4.21 Å². The molecule has 0 N–H and O–H groups in total. The molecule has 1 unspecified atom stereocenters. The second-order valence-electron chi connectivity index (χ2n) is 6.10. The van der Waals surface area contributed by atoms with Gasteiger partial charge in [0.05, 0.1) is 0 Å². The van der Waals surface area contributed by atoms with Crippen molar-refractivity contribution in [1.82, 2.24) is 13.3 Å². The number of hydrogen-bond acceptors (Lipinski definition) is 3. The molecule has 0 saturated carbocycles. The summed E-state index contributed by atoms with van der Waals surface area (Å²) in [5.41, 5.74) is 0. The molecule has 1 rings (SSSR count). The third-order valence-corrected chi connectivity index (χ3v) is 11.6. The Labute approximate surface area is 112 Å². The maximum Gasteiger partial charge on any atom is 0.196 e. The molecule has 0 amide bonds. The lowest BCUT2D eigenvalue weighted by Gasteiger charge is -2.34. The zero-order valence-corrected chi connectivity index (χ0v) is 14.2. The molecule has 0 aliphatic rings. The lowest BCUT2D eigenvalue weighted by Crippen LogP contribution is -2.40. The number of rotatable bonds is 3. The maximum atomic E-state index is 13.1. The first kappa shape index (κ1) is 15.4. The Morgan fingerprint density at radius 1 is 1.33 bits per heavy atom. The van der Waals surface area contributed by atoms with E-state index in [1.54, 1.807) is 41.1 Å². The van der Waals surface area contributed by atoms with Gasteiger partial charge in [-0.25, -0.2) is 21.5 Å². The monoisotopic (exact) mass is 288 g/mol. The van der Waals surface area contributed by atoms with Crippen molar-refractivity contribution in [1.29, 1.82) is 0 Å². The first-order valence-electron chi connectivity index (χ1n) is 5.95. The van der Waals surface area contributed by atoms with E-state index in [-0.39, 0.29) is 5.04 Å². The van der Waals surface area contributed by atoms with Gasteiger partial charge in [0.2, 0.25) is 0 Å². The molecule has 0 aliphatic carbocycles. The zero-order chi connectivity index (χ0) is 14.2. The van der Waals surface area contributed by atoms with Crippen molar-refractivity contribution in [3.05, 3.63) is 18.7 Å². The Morgan fingerprint density at radius 2 is 1.89 bits per heavy atom. The van der Waals surface area contributed by atoms with Crippen LogP contribution in [-0.2, 0) is 10.1 Å². The van der Waals surface area contributed by atoms with Crippen LogP contribution in [0.1, 0.15) is 20.8 Å². The molecular formula is C11H24N4OSSi. The topological polar surface area (TPSA) is 50.5 Å². The molecule has 0 radical (unpaired) electrons. The predicted octanol–water partition coefficient (Wildman–Crippen LogP) is 2.60. The van der Waals surface area contributed by atoms with Crippen LogP contribution in [0, 0.1) is 0 Å². The lowest BCUT2D eigenvalue weighted by molar-refractivity contribution is 0.582. The van der Waals surface area contributed by atoms with E-state index in [1.165, 1.54) is 0 Å². The highest BCUT2D eigenvalue weighted by Crippen LogP contribution is 2.37. The van der Waals surface area contributed by atoms with E-state index in [0.717, 1.165) is 0 Å². The molecule has 0 aromatic carbocycles. The Hall–Kier alpha value is -0.663. The Balaban J connectivity index is 3.45. The summed E-state index contributed by atoms with van der Waals surface area (Å²) in [5, 5.41) is 0.0618. The Kier molecular flexibility index (Phi) is 4.09. The summed E-state index contributed by atoms with van der Waals surface area (Å²) in [4.78, 5) is 3.98. The Bertz CT molecular complexity index is 508. The molecular weight excluding hydrogens is 264 g/mol. The average Bonchev–Trinajstić information content (AvgIpc) is 2.67. The highest BCUT2D eigenvalue weighted by atomic mass is 32.2. The first-order chi connectivity index (χ1) is 8.01. The number of imidazole rings is 1. The molecule has 0 spiro atoms. The van der Waals surface area contributed by atoms with Crippen LogP contribution in [0.5, 0.6) is 0 Å². The minimum Gasteiger partial charge on any atom is -0.247 e. The van der Waals surface area contributed by atoms with Gasteiger partial charge in [0.25, 0.3) is 0 Å². The molecule has 18 heavy (non-hydrogen) atoms. The van der Waals surface area contributed by atoms with Crippen molar-refractivity contribution in [2.45, 2.75) is 38.9 Å². The molecule has 0 bridgehead atoms. The van der Waals surface area contributed by atoms with Gasteiger partial charge in [0.15, 0.2) is 18.3 Å². The first-order valence-corrected chi connectivity index (χ1v) is 10.3. The second kappa shape index (κ2) is 4.79. The van der Waals surface area contributed by atoms with Crippen LogP contribution in [0.4, 0.5) is 0 Å². The van der Waals surface area contributed by atoms with Gasteiger partial charge in [0.1, 0.15) is 6.33 Å². The average molecular weight is 288 g/mol. The second-order valence-corrected chi connectivity index (χ2v) is 13.5. The fourth-order valence-electron chi connectivity index (χ4n) is 1.14. The maximum absolute atomic E-state index is 13.1. The zero-order valence-electron chi connectivity index (χ0n) is 12.3. The summed E-state index contributed by atoms with van der Waals surface area (Å²) in [6.07, 6.45) is 4.91. The molecule has 0 aliphatic heterocycles. The van der Waals surface area contributed by atoms with Crippen molar-refractivity contribution in [3.8, 4) is 0 Å². The van der Waals surface area contributed by atoms with Gasteiger partial charge >= 0.3 is 0 Å². The van der Waals surface area contributed by atoms with Gasteiger partial charge < -0.3 is 0 Å². The van der Waals surface area contributed by atoms with Crippen molar-refractivity contribution in [3.63, 3.8) is 0 Å². The minimum absolute atomic E-state index is 0.0618. The highest BCUT2D eigenvalue weighted by Gasteiger charge is 2.38. The number of nitrogens with zero attached hydrogens (tertiary/aromatic N) is 4. The van der Waals surface area contributed by atoms with Gasteiger partial charge in [0, 0.05) is 26.5 Å². The molecule has 7 heteroatoms. The van der Waals surface area contributed by atoms with Crippen LogP contribution < -0.4 is 0 Å². The Morgan fingerprint density at radius 3 is 2.22 bits per heavy atom. The van der Waals surface area contributed by atoms with Gasteiger partial charge in [-0.05, 0) is 18.1 Å². The minimum atomic E-state index is -2.61. The molecule has 1 atom stereocenters. The van der Waals surface area contributed by atoms with E-state index in [2.05, 4.69) is 38.8 Å². The SMILES string of the molecule is CN(C)S(=O)(=N[Si](C)(C)C(C)(C)C)n1ccnc1. The lowest BCUT2D eigenvalue weighted by atomic mass is 10.2. The van der Waals surface area contributed by atoms with Crippen LogP contribution >= 0.6 is 0 Å².